The van der Waals surface area contributed by atoms with Crippen LogP contribution in [0.25, 0.3) is 10.8 Å². The van der Waals surface area contributed by atoms with Crippen LogP contribution in [0.4, 0.5) is 11.4 Å². The highest BCUT2D eigenvalue weighted by Gasteiger charge is 2.20. The molecule has 3 rings (SSSR count). The van der Waals surface area contributed by atoms with Crippen molar-refractivity contribution >= 4 is 32.3 Å². The molecule has 1 heterocycles. The molecule has 9 nitrogen and oxygen atoms in total. The molecule has 2 aromatic carbocycles. The first-order chi connectivity index (χ1) is 11.7. The highest BCUT2D eigenvalue weighted by Crippen LogP contribution is 2.40. The predicted molar refractivity (Wildman–Crippen MR) is 89.2 cm³/mol. The Hall–Kier alpha value is -2.98. The summed E-state index contributed by atoms with van der Waals surface area (Å²) in [6.07, 6.45) is 0. The molecule has 25 heavy (non-hydrogen) atoms. The van der Waals surface area contributed by atoms with Crippen molar-refractivity contribution in [2.24, 2.45) is 17.3 Å². The summed E-state index contributed by atoms with van der Waals surface area (Å²) < 4.78 is 33.6. The Morgan fingerprint density at radius 2 is 1.68 bits per heavy atom. The van der Waals surface area contributed by atoms with E-state index in [9.17, 15) is 23.2 Å². The molecule has 0 atom stereocenters. The van der Waals surface area contributed by atoms with Gasteiger partial charge in [-0.3, -0.25) is 4.55 Å². The molecule has 0 saturated carbocycles. The van der Waals surface area contributed by atoms with E-state index in [1.807, 2.05) is 0 Å². The van der Waals surface area contributed by atoms with Crippen molar-refractivity contribution < 1.29 is 23.2 Å². The predicted octanol–water partition coefficient (Wildman–Crippen LogP) is 2.96. The number of aromatic hydroxyl groups is 2. The van der Waals surface area contributed by atoms with Gasteiger partial charge in [-0.05, 0) is 6.92 Å². The maximum absolute atomic E-state index is 11.5. The molecule has 3 N–H and O–H groups in total. The Kier molecular flexibility index (Phi) is 3.93. The second kappa shape index (κ2) is 5.83. The number of rotatable bonds is 3. The van der Waals surface area contributed by atoms with Crippen molar-refractivity contribution in [3.63, 3.8) is 0 Å². The van der Waals surface area contributed by atoms with Crippen molar-refractivity contribution in [3.8, 4) is 11.6 Å². The molecule has 0 amide bonds. The van der Waals surface area contributed by atoms with E-state index in [4.69, 9.17) is 0 Å². The Balaban J connectivity index is 2.24. The van der Waals surface area contributed by atoms with Gasteiger partial charge in [0.25, 0.3) is 10.1 Å². The van der Waals surface area contributed by atoms with Crippen LogP contribution in [0.2, 0.25) is 0 Å². The van der Waals surface area contributed by atoms with Gasteiger partial charge in [0.05, 0.1) is 5.69 Å². The lowest BCUT2D eigenvalue weighted by atomic mass is 10.1. The van der Waals surface area contributed by atoms with Gasteiger partial charge in [-0.2, -0.15) is 13.5 Å². The van der Waals surface area contributed by atoms with Gasteiger partial charge in [-0.1, -0.05) is 24.3 Å². The third-order valence-corrected chi connectivity index (χ3v) is 4.54. The number of nitrogens with zero attached hydrogens (tertiary/aromatic N) is 4. The molecule has 1 aromatic heterocycles. The SMILES string of the molecule is Cc1nn(C)c(O)c1/N=N/c1c(O)cc(S(=O)(=O)O)c2ccccc12. The summed E-state index contributed by atoms with van der Waals surface area (Å²) in [6.45, 7) is 1.63. The monoisotopic (exact) mass is 362 g/mol. The van der Waals surface area contributed by atoms with Crippen molar-refractivity contribution in [2.75, 3.05) is 0 Å². The molecule has 0 aliphatic carbocycles. The van der Waals surface area contributed by atoms with Crippen LogP contribution >= 0.6 is 0 Å². The Labute approximate surface area is 142 Å². The summed E-state index contributed by atoms with van der Waals surface area (Å²) >= 11 is 0. The van der Waals surface area contributed by atoms with E-state index >= 15 is 0 Å². The number of azo groups is 1. The van der Waals surface area contributed by atoms with E-state index < -0.39 is 20.8 Å². The number of benzene rings is 2. The largest absolute Gasteiger partial charge is 0.506 e. The average Bonchev–Trinajstić information content (AvgIpc) is 2.78. The lowest BCUT2D eigenvalue weighted by Crippen LogP contribution is -1.99. The molecular weight excluding hydrogens is 348 g/mol. The fourth-order valence-corrected chi connectivity index (χ4v) is 3.20. The van der Waals surface area contributed by atoms with Gasteiger partial charge in [-0.15, -0.1) is 10.2 Å². The number of phenols is 1. The van der Waals surface area contributed by atoms with Gasteiger partial charge in [0, 0.05) is 23.9 Å². The summed E-state index contributed by atoms with van der Waals surface area (Å²) in [4.78, 5) is -0.431. The fraction of sp³-hybridized carbons (Fsp3) is 0.133. The molecule has 130 valence electrons. The van der Waals surface area contributed by atoms with Gasteiger partial charge in [0.2, 0.25) is 5.88 Å². The van der Waals surface area contributed by atoms with E-state index in [1.54, 1.807) is 19.1 Å². The highest BCUT2D eigenvalue weighted by molar-refractivity contribution is 7.86. The number of fused-ring (bicyclic) bond motifs is 1. The molecule has 0 unspecified atom stereocenters. The first kappa shape index (κ1) is 16.9. The third-order valence-electron chi connectivity index (χ3n) is 3.65. The van der Waals surface area contributed by atoms with Crippen LogP contribution in [-0.2, 0) is 17.2 Å². The van der Waals surface area contributed by atoms with E-state index in [2.05, 4.69) is 15.3 Å². The molecule has 0 fully saturated rings. The van der Waals surface area contributed by atoms with Crippen molar-refractivity contribution in [2.45, 2.75) is 11.8 Å². The molecule has 3 aromatic rings. The van der Waals surface area contributed by atoms with E-state index in [0.717, 1.165) is 6.07 Å². The molecule has 0 radical (unpaired) electrons. The smallest absolute Gasteiger partial charge is 0.295 e. The van der Waals surface area contributed by atoms with Crippen LogP contribution in [0.15, 0.2) is 45.5 Å². The maximum atomic E-state index is 11.5. The summed E-state index contributed by atoms with van der Waals surface area (Å²) in [5, 5.41) is 32.4. The maximum Gasteiger partial charge on any atom is 0.295 e. The first-order valence-electron chi connectivity index (χ1n) is 7.06. The molecule has 10 heteroatoms. The second-order valence-corrected chi connectivity index (χ2v) is 6.73. The van der Waals surface area contributed by atoms with E-state index in [-0.39, 0.29) is 28.0 Å². The van der Waals surface area contributed by atoms with Crippen LogP contribution in [-0.4, -0.2) is 33.0 Å². The number of hydrogen-bond acceptors (Lipinski definition) is 7. The van der Waals surface area contributed by atoms with E-state index in [1.165, 1.54) is 23.9 Å². The topological polar surface area (TPSA) is 137 Å². The van der Waals surface area contributed by atoms with Crippen LogP contribution in [0, 0.1) is 6.92 Å². The molecule has 0 bridgehead atoms. The lowest BCUT2D eigenvalue weighted by Gasteiger charge is -2.08. The zero-order chi connectivity index (χ0) is 18.4. The summed E-state index contributed by atoms with van der Waals surface area (Å²) in [5.74, 6) is -0.671. The standard InChI is InChI=1S/C15H14N4O5S/c1-8-13(15(21)19(2)18-8)16-17-14-10-6-4-3-5-9(10)12(7-11(14)20)25(22,23)24/h3-7,20-21H,1-2H3,(H,22,23,24)/b17-16+. The van der Waals surface area contributed by atoms with Gasteiger partial charge in [0.1, 0.15) is 16.3 Å². The average molecular weight is 362 g/mol. The van der Waals surface area contributed by atoms with Crippen molar-refractivity contribution in [1.82, 2.24) is 9.78 Å². The number of phenolic OH excluding ortho intramolecular Hbond substituents is 1. The van der Waals surface area contributed by atoms with Crippen LogP contribution in [0.5, 0.6) is 11.6 Å². The fourth-order valence-electron chi connectivity index (χ4n) is 2.48. The quantitative estimate of drug-likeness (QED) is 0.484. The Bertz CT molecular complexity index is 1120. The molecular formula is C15H14N4O5S. The number of aromatic nitrogens is 2. The minimum absolute atomic E-state index is 0.00523. The molecule has 0 aliphatic heterocycles. The van der Waals surface area contributed by atoms with Crippen LogP contribution < -0.4 is 0 Å². The lowest BCUT2D eigenvalue weighted by molar-refractivity contribution is 0.420. The minimum Gasteiger partial charge on any atom is -0.506 e. The molecule has 0 spiro atoms. The van der Waals surface area contributed by atoms with Gasteiger partial charge in [0.15, 0.2) is 5.69 Å². The Morgan fingerprint density at radius 1 is 1.08 bits per heavy atom. The summed E-state index contributed by atoms with van der Waals surface area (Å²) in [5.41, 5.74) is 0.567. The molecule has 0 saturated heterocycles. The molecule has 0 aliphatic rings. The van der Waals surface area contributed by atoms with Gasteiger partial charge in [-0.25, -0.2) is 4.68 Å². The summed E-state index contributed by atoms with van der Waals surface area (Å²) in [6, 6.07) is 7.13. The van der Waals surface area contributed by atoms with Gasteiger partial charge >= 0.3 is 0 Å². The zero-order valence-corrected chi connectivity index (χ0v) is 14.1. The van der Waals surface area contributed by atoms with Crippen LogP contribution in [0.1, 0.15) is 5.69 Å². The van der Waals surface area contributed by atoms with Gasteiger partial charge < -0.3 is 10.2 Å². The normalized spacial score (nSPS) is 12.3. The number of aryl methyl sites for hydroxylation is 2. The van der Waals surface area contributed by atoms with E-state index in [0.29, 0.717) is 5.69 Å². The third kappa shape index (κ3) is 2.92. The Morgan fingerprint density at radius 3 is 2.24 bits per heavy atom. The number of hydrogen-bond donors (Lipinski definition) is 3. The highest BCUT2D eigenvalue weighted by atomic mass is 32.2. The second-order valence-electron chi connectivity index (χ2n) is 5.34. The van der Waals surface area contributed by atoms with Crippen LogP contribution in [0.3, 0.4) is 0 Å². The van der Waals surface area contributed by atoms with Crippen molar-refractivity contribution in [1.29, 1.82) is 0 Å². The zero-order valence-electron chi connectivity index (χ0n) is 13.2. The minimum atomic E-state index is -4.53. The first-order valence-corrected chi connectivity index (χ1v) is 8.50. The van der Waals surface area contributed by atoms with Crippen molar-refractivity contribution in [3.05, 3.63) is 36.0 Å². The summed E-state index contributed by atoms with van der Waals surface area (Å²) in [7, 11) is -2.99.